The summed E-state index contributed by atoms with van der Waals surface area (Å²) in [6, 6.07) is 0. The first kappa shape index (κ1) is 17.5. The summed E-state index contributed by atoms with van der Waals surface area (Å²) in [5, 5.41) is 7.94. The first-order valence-corrected chi connectivity index (χ1v) is 7.38. The molecule has 21 heavy (non-hydrogen) atoms. The molecule has 0 radical (unpaired) electrons. The van der Waals surface area contributed by atoms with Crippen LogP contribution in [0.3, 0.4) is 0 Å². The SMILES string of the molecule is Cc1nn(C)c(N(C)CC(=O)N(C)C)c1CNCC(C)C. The van der Waals surface area contributed by atoms with Crippen LogP contribution in [0.25, 0.3) is 0 Å². The molecule has 0 atom stereocenters. The van der Waals surface area contributed by atoms with Gasteiger partial charge in [0, 0.05) is 40.3 Å². The number of hydrogen-bond donors (Lipinski definition) is 1. The fourth-order valence-corrected chi connectivity index (χ4v) is 2.28. The minimum Gasteiger partial charge on any atom is -0.350 e. The Kier molecular flexibility index (Phi) is 6.20. The molecule has 0 fully saturated rings. The van der Waals surface area contributed by atoms with Crippen molar-refractivity contribution in [1.29, 1.82) is 0 Å². The number of anilines is 1. The molecule has 6 heteroatoms. The molecular weight excluding hydrogens is 266 g/mol. The van der Waals surface area contributed by atoms with Crippen LogP contribution in [0, 0.1) is 12.8 Å². The smallest absolute Gasteiger partial charge is 0.241 e. The van der Waals surface area contributed by atoms with E-state index in [9.17, 15) is 4.79 Å². The van der Waals surface area contributed by atoms with Crippen LogP contribution in [-0.4, -0.2) is 54.8 Å². The van der Waals surface area contributed by atoms with Gasteiger partial charge in [0.1, 0.15) is 5.82 Å². The van der Waals surface area contributed by atoms with Crippen molar-refractivity contribution >= 4 is 11.7 Å². The van der Waals surface area contributed by atoms with Crippen LogP contribution < -0.4 is 10.2 Å². The molecule has 0 aliphatic carbocycles. The van der Waals surface area contributed by atoms with Gasteiger partial charge in [-0.3, -0.25) is 9.48 Å². The van der Waals surface area contributed by atoms with Gasteiger partial charge in [0.25, 0.3) is 0 Å². The van der Waals surface area contributed by atoms with Crippen molar-refractivity contribution in [2.24, 2.45) is 13.0 Å². The molecule has 0 spiro atoms. The maximum absolute atomic E-state index is 11.9. The molecule has 1 aromatic heterocycles. The number of nitrogens with one attached hydrogen (secondary N) is 1. The van der Waals surface area contributed by atoms with Crippen LogP contribution in [0.1, 0.15) is 25.1 Å². The maximum Gasteiger partial charge on any atom is 0.241 e. The highest BCUT2D eigenvalue weighted by Crippen LogP contribution is 2.22. The molecule has 0 aliphatic rings. The molecule has 0 aliphatic heterocycles. The van der Waals surface area contributed by atoms with E-state index in [0.717, 1.165) is 30.2 Å². The van der Waals surface area contributed by atoms with E-state index in [2.05, 4.69) is 24.3 Å². The number of nitrogens with zero attached hydrogens (tertiary/aromatic N) is 4. The highest BCUT2D eigenvalue weighted by molar-refractivity contribution is 5.80. The summed E-state index contributed by atoms with van der Waals surface area (Å²) in [4.78, 5) is 15.5. The highest BCUT2D eigenvalue weighted by Gasteiger charge is 2.19. The average molecular weight is 295 g/mol. The average Bonchev–Trinajstić information content (AvgIpc) is 2.63. The summed E-state index contributed by atoms with van der Waals surface area (Å²) in [6.07, 6.45) is 0. The number of likely N-dealkylation sites (N-methyl/N-ethyl adjacent to an activating group) is 2. The van der Waals surface area contributed by atoms with Crippen LogP contribution in [-0.2, 0) is 18.4 Å². The zero-order valence-electron chi connectivity index (χ0n) is 14.4. The van der Waals surface area contributed by atoms with E-state index in [1.165, 1.54) is 0 Å². The minimum atomic E-state index is 0.0810. The molecule has 6 nitrogen and oxygen atoms in total. The molecule has 1 heterocycles. The van der Waals surface area contributed by atoms with E-state index >= 15 is 0 Å². The van der Waals surface area contributed by atoms with Gasteiger partial charge in [-0.25, -0.2) is 0 Å². The number of amides is 1. The zero-order chi connectivity index (χ0) is 16.2. The molecule has 1 rings (SSSR count). The van der Waals surface area contributed by atoms with Gasteiger partial charge in [-0.15, -0.1) is 0 Å². The van der Waals surface area contributed by atoms with Gasteiger partial charge in [0.15, 0.2) is 0 Å². The van der Waals surface area contributed by atoms with Gasteiger partial charge in [0.05, 0.1) is 12.2 Å². The number of carbonyl (C=O) groups excluding carboxylic acids is 1. The van der Waals surface area contributed by atoms with Crippen molar-refractivity contribution in [3.63, 3.8) is 0 Å². The van der Waals surface area contributed by atoms with E-state index in [1.807, 2.05) is 30.6 Å². The third-order valence-electron chi connectivity index (χ3n) is 3.40. The monoisotopic (exact) mass is 295 g/mol. The van der Waals surface area contributed by atoms with Crippen LogP contribution in [0.15, 0.2) is 0 Å². The predicted octanol–water partition coefficient (Wildman–Crippen LogP) is 0.999. The number of rotatable bonds is 7. The van der Waals surface area contributed by atoms with Crippen molar-refractivity contribution < 1.29 is 4.79 Å². The lowest BCUT2D eigenvalue weighted by atomic mass is 10.2. The number of carbonyl (C=O) groups is 1. The Labute approximate surface area is 128 Å². The molecule has 1 amide bonds. The Morgan fingerprint density at radius 3 is 2.48 bits per heavy atom. The van der Waals surface area contributed by atoms with Crippen molar-refractivity contribution in [1.82, 2.24) is 20.0 Å². The van der Waals surface area contributed by atoms with Gasteiger partial charge in [-0.2, -0.15) is 5.10 Å². The molecule has 1 aromatic rings. The second-order valence-electron chi connectivity index (χ2n) is 6.18. The first-order valence-electron chi connectivity index (χ1n) is 7.38. The maximum atomic E-state index is 11.9. The topological polar surface area (TPSA) is 53.4 Å². The van der Waals surface area contributed by atoms with Crippen LogP contribution in [0.4, 0.5) is 5.82 Å². The van der Waals surface area contributed by atoms with E-state index in [4.69, 9.17) is 0 Å². The molecule has 1 N–H and O–H groups in total. The quantitative estimate of drug-likeness (QED) is 0.815. The first-order chi connectivity index (χ1) is 9.73. The Bertz CT molecular complexity index is 479. The Morgan fingerprint density at radius 1 is 1.33 bits per heavy atom. The number of aromatic nitrogens is 2. The molecule has 0 saturated heterocycles. The van der Waals surface area contributed by atoms with Crippen molar-refractivity contribution in [2.45, 2.75) is 27.3 Å². The minimum absolute atomic E-state index is 0.0810. The Morgan fingerprint density at radius 2 is 1.95 bits per heavy atom. The standard InChI is InChI=1S/C15H29N5O/c1-11(2)8-16-9-13-12(3)17-20(7)15(13)19(6)10-14(21)18(4)5/h11,16H,8-10H2,1-7H3. The van der Waals surface area contributed by atoms with Gasteiger partial charge in [-0.05, 0) is 19.4 Å². The van der Waals surface area contributed by atoms with Gasteiger partial charge >= 0.3 is 0 Å². The summed E-state index contributed by atoms with van der Waals surface area (Å²) in [5.41, 5.74) is 2.17. The normalized spacial score (nSPS) is 11.0. The third kappa shape index (κ3) is 4.74. The van der Waals surface area contributed by atoms with Crippen molar-refractivity contribution in [3.05, 3.63) is 11.3 Å². The molecule has 0 saturated carbocycles. The van der Waals surface area contributed by atoms with Crippen molar-refractivity contribution in [2.75, 3.05) is 39.1 Å². The van der Waals surface area contributed by atoms with E-state index in [0.29, 0.717) is 12.5 Å². The predicted molar refractivity (Wildman–Crippen MR) is 86.5 cm³/mol. The van der Waals surface area contributed by atoms with Gasteiger partial charge in [-0.1, -0.05) is 13.8 Å². The summed E-state index contributed by atoms with van der Waals surface area (Å²) in [7, 11) is 7.40. The molecule has 0 unspecified atom stereocenters. The lowest BCUT2D eigenvalue weighted by molar-refractivity contribution is -0.127. The second kappa shape index (κ2) is 7.45. The summed E-state index contributed by atoms with van der Waals surface area (Å²) >= 11 is 0. The molecule has 120 valence electrons. The third-order valence-corrected chi connectivity index (χ3v) is 3.40. The lowest BCUT2D eigenvalue weighted by Gasteiger charge is -2.22. The number of aryl methyl sites for hydroxylation is 2. The summed E-state index contributed by atoms with van der Waals surface area (Å²) in [5.74, 6) is 1.69. The van der Waals surface area contributed by atoms with Gasteiger partial charge < -0.3 is 15.1 Å². The van der Waals surface area contributed by atoms with Gasteiger partial charge in [0.2, 0.25) is 5.91 Å². The summed E-state index contributed by atoms with van der Waals surface area (Å²) < 4.78 is 1.85. The molecular formula is C15H29N5O. The van der Waals surface area contributed by atoms with Crippen LogP contribution in [0.2, 0.25) is 0 Å². The fourth-order valence-electron chi connectivity index (χ4n) is 2.28. The second-order valence-corrected chi connectivity index (χ2v) is 6.18. The van der Waals surface area contributed by atoms with E-state index in [-0.39, 0.29) is 5.91 Å². The lowest BCUT2D eigenvalue weighted by Crippen LogP contribution is -2.35. The fraction of sp³-hybridized carbons (Fsp3) is 0.733. The van der Waals surface area contributed by atoms with E-state index < -0.39 is 0 Å². The molecule has 0 bridgehead atoms. The molecule has 0 aromatic carbocycles. The Balaban J connectivity index is 2.87. The highest BCUT2D eigenvalue weighted by atomic mass is 16.2. The van der Waals surface area contributed by atoms with E-state index in [1.54, 1.807) is 19.0 Å². The van der Waals surface area contributed by atoms with Crippen LogP contribution >= 0.6 is 0 Å². The number of hydrogen-bond acceptors (Lipinski definition) is 4. The zero-order valence-corrected chi connectivity index (χ0v) is 14.4. The Hall–Kier alpha value is -1.56. The van der Waals surface area contributed by atoms with Crippen molar-refractivity contribution in [3.8, 4) is 0 Å². The van der Waals surface area contributed by atoms with Crippen LogP contribution in [0.5, 0.6) is 0 Å². The summed E-state index contributed by atoms with van der Waals surface area (Å²) in [6.45, 7) is 8.47. The largest absolute Gasteiger partial charge is 0.350 e.